The molecule has 10 heteroatoms. The number of aromatic amines is 1. The summed E-state index contributed by atoms with van der Waals surface area (Å²) in [5.41, 5.74) is 3.52. The summed E-state index contributed by atoms with van der Waals surface area (Å²) in [6.45, 7) is 5.99. The van der Waals surface area contributed by atoms with Gasteiger partial charge in [0.15, 0.2) is 23.1 Å². The number of amides is 1. The minimum atomic E-state index is -0.720. The van der Waals surface area contributed by atoms with Crippen molar-refractivity contribution in [2.75, 3.05) is 19.5 Å². The first-order valence-electron chi connectivity index (χ1n) is 10.6. The number of rotatable bonds is 7. The van der Waals surface area contributed by atoms with E-state index < -0.39 is 17.6 Å². The van der Waals surface area contributed by atoms with Crippen LogP contribution in [0.4, 0.5) is 14.5 Å². The Morgan fingerprint density at radius 3 is 2.64 bits per heavy atom. The second-order valence-electron chi connectivity index (χ2n) is 7.71. The Balaban J connectivity index is 1.72. The maximum atomic E-state index is 15.0. The van der Waals surface area contributed by atoms with Crippen molar-refractivity contribution in [3.05, 3.63) is 53.4 Å². The number of nitrogens with zero attached hydrogens (tertiary/aromatic N) is 3. The molecule has 1 atom stereocenters. The van der Waals surface area contributed by atoms with Crippen molar-refractivity contribution in [2.45, 2.75) is 38.6 Å². The molecule has 2 heterocycles. The topological polar surface area (TPSA) is 94.1 Å². The number of aryl methyl sites for hydroxylation is 1. The highest BCUT2D eigenvalue weighted by molar-refractivity contribution is 6.01. The highest BCUT2D eigenvalue weighted by atomic mass is 19.1. The number of hydrogen-bond acceptors (Lipinski definition) is 5. The minimum Gasteiger partial charge on any atom is -0.494 e. The van der Waals surface area contributed by atoms with Gasteiger partial charge in [0, 0.05) is 29.4 Å². The molecule has 0 aliphatic heterocycles. The number of ether oxygens (including phenoxy) is 2. The lowest BCUT2D eigenvalue weighted by atomic mass is 9.81. The standard InChI is InChI=1S/C23H25F2N5O3/c1-5-18(31)27-15-11-26-30(6-2)23(15)22-13-8-7-12(9-14(13)28-29-22)19-20(24)16(32-3)10-17(33-4)21(19)25/h5,10-12H,1,6-9H2,2-4H3,(H,27,31)(H,28,29)/t12-/m1/s1. The third kappa shape index (κ3) is 3.85. The second-order valence-corrected chi connectivity index (χ2v) is 7.71. The van der Waals surface area contributed by atoms with Crippen LogP contribution in [-0.4, -0.2) is 40.1 Å². The SMILES string of the molecule is C=CC(=O)Nc1cnn(CC)c1-c1n[nH]c2c1CC[C@@H](c1c(F)c(OC)cc(OC)c1F)C2. The van der Waals surface area contributed by atoms with Crippen molar-refractivity contribution >= 4 is 11.6 Å². The van der Waals surface area contributed by atoms with Gasteiger partial charge in [0.25, 0.3) is 0 Å². The molecule has 0 saturated carbocycles. The number of methoxy groups -OCH3 is 2. The monoisotopic (exact) mass is 457 g/mol. The summed E-state index contributed by atoms with van der Waals surface area (Å²) in [5.74, 6) is -2.34. The lowest BCUT2D eigenvalue weighted by molar-refractivity contribution is -0.111. The van der Waals surface area contributed by atoms with Gasteiger partial charge in [-0.2, -0.15) is 10.2 Å². The van der Waals surface area contributed by atoms with E-state index in [9.17, 15) is 4.79 Å². The van der Waals surface area contributed by atoms with Gasteiger partial charge < -0.3 is 14.8 Å². The van der Waals surface area contributed by atoms with Crippen LogP contribution >= 0.6 is 0 Å². The Hall–Kier alpha value is -3.69. The molecule has 0 radical (unpaired) electrons. The molecule has 33 heavy (non-hydrogen) atoms. The lowest BCUT2D eigenvalue weighted by Crippen LogP contribution is -2.17. The van der Waals surface area contributed by atoms with Gasteiger partial charge in [0.2, 0.25) is 5.91 Å². The number of hydrogen-bond donors (Lipinski definition) is 2. The summed E-state index contributed by atoms with van der Waals surface area (Å²) in [5, 5.41) is 14.6. The number of H-pyrrole nitrogens is 1. The molecule has 3 aromatic rings. The van der Waals surface area contributed by atoms with Crippen LogP contribution in [0, 0.1) is 11.6 Å². The fraction of sp³-hybridized carbons (Fsp3) is 0.348. The van der Waals surface area contributed by atoms with E-state index in [1.807, 2.05) is 6.92 Å². The van der Waals surface area contributed by atoms with E-state index in [0.717, 1.165) is 11.3 Å². The second kappa shape index (κ2) is 9.05. The summed E-state index contributed by atoms with van der Waals surface area (Å²) < 4.78 is 42.0. The number of anilines is 1. The zero-order valence-corrected chi connectivity index (χ0v) is 18.7. The number of benzene rings is 1. The number of fused-ring (bicyclic) bond motifs is 1. The highest BCUT2D eigenvalue weighted by Gasteiger charge is 2.33. The summed E-state index contributed by atoms with van der Waals surface area (Å²) in [6.07, 6.45) is 4.15. The van der Waals surface area contributed by atoms with Gasteiger partial charge in [0.05, 0.1) is 26.1 Å². The average molecular weight is 457 g/mol. The lowest BCUT2D eigenvalue weighted by Gasteiger charge is -2.25. The van der Waals surface area contributed by atoms with Gasteiger partial charge in [-0.05, 0) is 38.2 Å². The molecule has 2 N–H and O–H groups in total. The van der Waals surface area contributed by atoms with Crippen molar-refractivity contribution in [3.8, 4) is 22.9 Å². The summed E-state index contributed by atoms with van der Waals surface area (Å²) in [6, 6.07) is 1.21. The van der Waals surface area contributed by atoms with E-state index in [4.69, 9.17) is 9.47 Å². The molecule has 174 valence electrons. The first-order chi connectivity index (χ1) is 15.9. The predicted molar refractivity (Wildman–Crippen MR) is 119 cm³/mol. The van der Waals surface area contributed by atoms with Crippen molar-refractivity contribution in [1.82, 2.24) is 20.0 Å². The van der Waals surface area contributed by atoms with Crippen LogP contribution in [0.1, 0.15) is 36.1 Å². The van der Waals surface area contributed by atoms with Gasteiger partial charge in [0.1, 0.15) is 11.4 Å². The van der Waals surface area contributed by atoms with E-state index in [-0.39, 0.29) is 23.0 Å². The average Bonchev–Trinajstić information content (AvgIpc) is 3.42. The van der Waals surface area contributed by atoms with Crippen molar-refractivity contribution in [2.24, 2.45) is 0 Å². The largest absolute Gasteiger partial charge is 0.494 e. The summed E-state index contributed by atoms with van der Waals surface area (Å²) >= 11 is 0. The zero-order chi connectivity index (χ0) is 23.7. The molecule has 0 saturated heterocycles. The van der Waals surface area contributed by atoms with Crippen molar-refractivity contribution < 1.29 is 23.0 Å². The fourth-order valence-electron chi connectivity index (χ4n) is 4.36. The van der Waals surface area contributed by atoms with Gasteiger partial charge in [-0.25, -0.2) is 8.78 Å². The van der Waals surface area contributed by atoms with E-state index in [0.29, 0.717) is 42.9 Å². The Morgan fingerprint density at radius 1 is 1.33 bits per heavy atom. The maximum Gasteiger partial charge on any atom is 0.247 e. The molecule has 0 fully saturated rings. The Kier molecular flexibility index (Phi) is 6.17. The van der Waals surface area contributed by atoms with E-state index in [1.165, 1.54) is 26.4 Å². The molecule has 1 aliphatic carbocycles. The summed E-state index contributed by atoms with van der Waals surface area (Å²) in [4.78, 5) is 11.9. The molecule has 2 aromatic heterocycles. The number of carbonyl (C=O) groups excluding carboxylic acids is 1. The highest BCUT2D eigenvalue weighted by Crippen LogP contribution is 2.42. The van der Waals surface area contributed by atoms with Crippen LogP contribution in [0.25, 0.3) is 11.4 Å². The minimum absolute atomic E-state index is 0.0504. The maximum absolute atomic E-state index is 15.0. The zero-order valence-electron chi connectivity index (χ0n) is 18.7. The number of halogens is 2. The van der Waals surface area contributed by atoms with Gasteiger partial charge in [-0.15, -0.1) is 0 Å². The third-order valence-corrected chi connectivity index (χ3v) is 5.97. The first kappa shape index (κ1) is 22.5. The molecule has 1 aromatic carbocycles. The molecule has 4 rings (SSSR count). The molecule has 0 unspecified atom stereocenters. The van der Waals surface area contributed by atoms with E-state index in [2.05, 4.69) is 27.2 Å². The molecular formula is C23H25F2N5O3. The molecule has 1 aliphatic rings. The van der Waals surface area contributed by atoms with Crippen LogP contribution < -0.4 is 14.8 Å². The Bertz CT molecular complexity index is 1190. The third-order valence-electron chi connectivity index (χ3n) is 5.97. The number of nitrogens with one attached hydrogen (secondary N) is 2. The molecule has 8 nitrogen and oxygen atoms in total. The van der Waals surface area contributed by atoms with Gasteiger partial charge in [-0.3, -0.25) is 14.6 Å². The first-order valence-corrected chi connectivity index (χ1v) is 10.6. The van der Waals surface area contributed by atoms with Gasteiger partial charge in [-0.1, -0.05) is 6.58 Å². The van der Waals surface area contributed by atoms with Crippen LogP contribution in [0.5, 0.6) is 11.5 Å². The fourth-order valence-corrected chi connectivity index (χ4v) is 4.36. The smallest absolute Gasteiger partial charge is 0.247 e. The quantitative estimate of drug-likeness (QED) is 0.524. The van der Waals surface area contributed by atoms with Crippen molar-refractivity contribution in [1.29, 1.82) is 0 Å². The van der Waals surface area contributed by atoms with E-state index >= 15 is 8.78 Å². The van der Waals surface area contributed by atoms with Crippen LogP contribution in [0.2, 0.25) is 0 Å². The Labute approximate surface area is 189 Å². The summed E-state index contributed by atoms with van der Waals surface area (Å²) in [7, 11) is 2.67. The normalized spacial score (nSPS) is 15.1. The molecular weight excluding hydrogens is 432 g/mol. The van der Waals surface area contributed by atoms with E-state index in [1.54, 1.807) is 10.9 Å². The molecule has 1 amide bonds. The Morgan fingerprint density at radius 2 is 2.03 bits per heavy atom. The van der Waals surface area contributed by atoms with Crippen LogP contribution in [0.15, 0.2) is 24.9 Å². The van der Waals surface area contributed by atoms with Gasteiger partial charge >= 0.3 is 0 Å². The number of carbonyl (C=O) groups is 1. The van der Waals surface area contributed by atoms with Crippen LogP contribution in [-0.2, 0) is 24.2 Å². The number of aromatic nitrogens is 4. The van der Waals surface area contributed by atoms with Crippen molar-refractivity contribution in [3.63, 3.8) is 0 Å². The van der Waals surface area contributed by atoms with Crippen LogP contribution in [0.3, 0.4) is 0 Å². The molecule has 0 bridgehead atoms. The predicted octanol–water partition coefficient (Wildman–Crippen LogP) is 3.99. The molecule has 0 spiro atoms.